The van der Waals surface area contributed by atoms with Crippen molar-refractivity contribution in [3.8, 4) is 0 Å². The van der Waals surface area contributed by atoms with E-state index in [1.807, 2.05) is 19.9 Å². The van der Waals surface area contributed by atoms with Crippen molar-refractivity contribution in [3.05, 3.63) is 23.3 Å². The normalized spacial score (nSPS) is 25.3. The second kappa shape index (κ2) is 4.76. The van der Waals surface area contributed by atoms with Gasteiger partial charge in [0.15, 0.2) is 0 Å². The van der Waals surface area contributed by atoms with Gasteiger partial charge in [0, 0.05) is 18.5 Å². The fraction of sp³-hybridized carbons (Fsp3) is 0.462. The van der Waals surface area contributed by atoms with E-state index >= 15 is 0 Å². The number of imide groups is 1. The molecule has 2 aliphatic heterocycles. The minimum absolute atomic E-state index is 0.125. The molecule has 18 heavy (non-hydrogen) atoms. The summed E-state index contributed by atoms with van der Waals surface area (Å²) in [6.45, 7) is 4.20. The van der Waals surface area contributed by atoms with Gasteiger partial charge in [-0.15, -0.1) is 0 Å². The predicted octanol–water partition coefficient (Wildman–Crippen LogP) is 0.526. The molecule has 1 fully saturated rings. The standard InChI is InChI=1S/C13H16N2O3/c1-3-4-9-8(2)7-15(13(9)18)10-5-6-11(16)14-12(10)17/h3-4,10H,5-7H2,1-2H3,(H,14,16,17)/b4-3-. The Hall–Kier alpha value is -1.91. The third-order valence-corrected chi connectivity index (χ3v) is 3.28. The molecule has 1 atom stereocenters. The van der Waals surface area contributed by atoms with Crippen LogP contribution in [0.1, 0.15) is 26.7 Å². The van der Waals surface area contributed by atoms with Crippen molar-refractivity contribution < 1.29 is 14.4 Å². The smallest absolute Gasteiger partial charge is 0.254 e. The second-order valence-electron chi connectivity index (χ2n) is 4.59. The summed E-state index contributed by atoms with van der Waals surface area (Å²) < 4.78 is 0. The zero-order valence-electron chi connectivity index (χ0n) is 10.5. The number of rotatable bonds is 2. The molecule has 0 bridgehead atoms. The van der Waals surface area contributed by atoms with Crippen molar-refractivity contribution in [2.45, 2.75) is 32.7 Å². The maximum Gasteiger partial charge on any atom is 0.254 e. The Morgan fingerprint density at radius 2 is 2.06 bits per heavy atom. The highest BCUT2D eigenvalue weighted by molar-refractivity contribution is 6.05. The fourth-order valence-electron chi connectivity index (χ4n) is 2.36. The number of carbonyl (C=O) groups excluding carboxylic acids is 3. The molecule has 0 aromatic rings. The summed E-state index contributed by atoms with van der Waals surface area (Å²) in [6, 6.07) is -0.520. The number of piperidine rings is 1. The second-order valence-corrected chi connectivity index (χ2v) is 4.59. The van der Waals surface area contributed by atoms with E-state index < -0.39 is 6.04 Å². The van der Waals surface area contributed by atoms with Crippen LogP contribution in [-0.2, 0) is 14.4 Å². The Balaban J connectivity index is 2.16. The van der Waals surface area contributed by atoms with Crippen molar-refractivity contribution in [3.63, 3.8) is 0 Å². The van der Waals surface area contributed by atoms with Crippen LogP contribution in [-0.4, -0.2) is 35.2 Å². The maximum atomic E-state index is 12.2. The molecule has 1 unspecified atom stereocenters. The van der Waals surface area contributed by atoms with Crippen molar-refractivity contribution in [1.29, 1.82) is 0 Å². The third-order valence-electron chi connectivity index (χ3n) is 3.28. The van der Waals surface area contributed by atoms with E-state index in [9.17, 15) is 14.4 Å². The van der Waals surface area contributed by atoms with Gasteiger partial charge in [-0.3, -0.25) is 19.7 Å². The summed E-state index contributed by atoms with van der Waals surface area (Å²) in [4.78, 5) is 36.6. The summed E-state index contributed by atoms with van der Waals surface area (Å²) in [7, 11) is 0. The van der Waals surface area contributed by atoms with Gasteiger partial charge in [-0.25, -0.2) is 0 Å². The van der Waals surface area contributed by atoms with E-state index in [1.165, 1.54) is 0 Å². The van der Waals surface area contributed by atoms with Gasteiger partial charge in [-0.1, -0.05) is 12.2 Å². The van der Waals surface area contributed by atoms with Gasteiger partial charge in [-0.05, 0) is 25.8 Å². The average molecular weight is 248 g/mol. The Kier molecular flexibility index (Phi) is 3.32. The summed E-state index contributed by atoms with van der Waals surface area (Å²) in [6.07, 6.45) is 4.28. The zero-order chi connectivity index (χ0) is 13.3. The van der Waals surface area contributed by atoms with Crippen LogP contribution in [0.5, 0.6) is 0 Å². The highest BCUT2D eigenvalue weighted by Crippen LogP contribution is 2.25. The van der Waals surface area contributed by atoms with Crippen LogP contribution < -0.4 is 5.32 Å². The van der Waals surface area contributed by atoms with E-state index in [2.05, 4.69) is 5.32 Å². The SMILES string of the molecule is C/C=C\C1=C(C)CN(C2CCC(=O)NC2=O)C1=O. The number of carbonyl (C=O) groups is 3. The van der Waals surface area contributed by atoms with Gasteiger partial charge >= 0.3 is 0 Å². The first-order chi connectivity index (χ1) is 8.54. The molecule has 0 aromatic carbocycles. The lowest BCUT2D eigenvalue weighted by atomic mass is 10.0. The molecule has 5 heteroatoms. The molecule has 1 saturated heterocycles. The van der Waals surface area contributed by atoms with Crippen molar-refractivity contribution in [2.24, 2.45) is 0 Å². The zero-order valence-corrected chi connectivity index (χ0v) is 10.5. The number of amides is 3. The molecular formula is C13H16N2O3. The van der Waals surface area contributed by atoms with Gasteiger partial charge in [0.25, 0.3) is 5.91 Å². The molecular weight excluding hydrogens is 232 g/mol. The lowest BCUT2D eigenvalue weighted by molar-refractivity contribution is -0.142. The van der Waals surface area contributed by atoms with Gasteiger partial charge in [0.1, 0.15) is 6.04 Å². The Morgan fingerprint density at radius 3 is 2.67 bits per heavy atom. The summed E-state index contributed by atoms with van der Waals surface area (Å²) in [5, 5.41) is 2.28. The van der Waals surface area contributed by atoms with E-state index in [0.29, 0.717) is 18.5 Å². The van der Waals surface area contributed by atoms with Crippen LogP contribution in [0.15, 0.2) is 23.3 Å². The average Bonchev–Trinajstić information content (AvgIpc) is 2.58. The Labute approximate surface area is 106 Å². The van der Waals surface area contributed by atoms with Gasteiger partial charge < -0.3 is 4.90 Å². The van der Waals surface area contributed by atoms with Crippen molar-refractivity contribution in [1.82, 2.24) is 10.2 Å². The molecule has 3 amide bonds. The molecule has 2 aliphatic rings. The first-order valence-corrected chi connectivity index (χ1v) is 6.01. The lowest BCUT2D eigenvalue weighted by Gasteiger charge is -2.29. The number of nitrogens with one attached hydrogen (secondary N) is 1. The molecule has 5 nitrogen and oxygen atoms in total. The molecule has 1 N–H and O–H groups in total. The van der Waals surface area contributed by atoms with Crippen molar-refractivity contribution in [2.75, 3.05) is 6.54 Å². The third kappa shape index (κ3) is 2.08. The summed E-state index contributed by atoms with van der Waals surface area (Å²) >= 11 is 0. The molecule has 0 saturated carbocycles. The number of hydrogen-bond acceptors (Lipinski definition) is 3. The van der Waals surface area contributed by atoms with Gasteiger partial charge in [-0.2, -0.15) is 0 Å². The van der Waals surface area contributed by atoms with E-state index in [1.54, 1.807) is 11.0 Å². The molecule has 0 radical (unpaired) electrons. The van der Waals surface area contributed by atoms with Gasteiger partial charge in [0.2, 0.25) is 11.8 Å². The van der Waals surface area contributed by atoms with E-state index in [0.717, 1.165) is 5.57 Å². The number of allylic oxidation sites excluding steroid dienone is 1. The first-order valence-electron chi connectivity index (χ1n) is 6.01. The summed E-state index contributed by atoms with van der Waals surface area (Å²) in [5.74, 6) is -0.754. The summed E-state index contributed by atoms with van der Waals surface area (Å²) in [5.41, 5.74) is 1.62. The minimum atomic E-state index is -0.520. The van der Waals surface area contributed by atoms with Crippen LogP contribution in [0, 0.1) is 0 Å². The van der Waals surface area contributed by atoms with Crippen LogP contribution in [0.4, 0.5) is 0 Å². The quantitative estimate of drug-likeness (QED) is 0.725. The van der Waals surface area contributed by atoms with Crippen LogP contribution in [0.25, 0.3) is 0 Å². The predicted molar refractivity (Wildman–Crippen MR) is 65.4 cm³/mol. The Bertz CT molecular complexity index is 477. The highest BCUT2D eigenvalue weighted by atomic mass is 16.2. The van der Waals surface area contributed by atoms with Gasteiger partial charge in [0.05, 0.1) is 0 Å². The fourth-order valence-corrected chi connectivity index (χ4v) is 2.36. The largest absolute Gasteiger partial charge is 0.323 e. The number of nitrogens with zero attached hydrogens (tertiary/aromatic N) is 1. The van der Waals surface area contributed by atoms with Crippen LogP contribution in [0.3, 0.4) is 0 Å². The van der Waals surface area contributed by atoms with Crippen LogP contribution >= 0.6 is 0 Å². The lowest BCUT2D eigenvalue weighted by Crippen LogP contribution is -2.53. The molecule has 0 aliphatic carbocycles. The molecule has 0 aromatic heterocycles. The van der Waals surface area contributed by atoms with E-state index in [-0.39, 0.29) is 24.1 Å². The molecule has 0 spiro atoms. The van der Waals surface area contributed by atoms with E-state index in [4.69, 9.17) is 0 Å². The minimum Gasteiger partial charge on any atom is -0.323 e. The molecule has 2 rings (SSSR count). The molecule has 96 valence electrons. The maximum absolute atomic E-state index is 12.2. The topological polar surface area (TPSA) is 66.5 Å². The highest BCUT2D eigenvalue weighted by Gasteiger charge is 2.38. The molecule has 2 heterocycles. The first kappa shape index (κ1) is 12.5. The Morgan fingerprint density at radius 1 is 1.33 bits per heavy atom. The number of hydrogen-bond donors (Lipinski definition) is 1. The van der Waals surface area contributed by atoms with Crippen LogP contribution in [0.2, 0.25) is 0 Å². The van der Waals surface area contributed by atoms with Crippen molar-refractivity contribution >= 4 is 17.7 Å². The monoisotopic (exact) mass is 248 g/mol.